The summed E-state index contributed by atoms with van der Waals surface area (Å²) in [7, 11) is 0. The van der Waals surface area contributed by atoms with E-state index in [2.05, 4.69) is 47.6 Å². The Morgan fingerprint density at radius 2 is 1.03 bits per heavy atom. The number of hydrogen-bond donors (Lipinski definition) is 4. The Kier molecular flexibility index (Phi) is 17.5. The highest BCUT2D eigenvalue weighted by molar-refractivity contribution is 5.88. The smallest absolute Gasteiger partial charge is 0.243 e. The maximum atomic E-state index is 12.2. The van der Waals surface area contributed by atoms with Gasteiger partial charge in [-0.25, -0.2) is 0 Å². The number of unbranched alkanes of at least 4 members (excludes halogenated alkanes) is 2. The van der Waals surface area contributed by atoms with E-state index in [-0.39, 0.29) is 23.6 Å². The van der Waals surface area contributed by atoms with Crippen molar-refractivity contribution in [2.45, 2.75) is 50.5 Å². The van der Waals surface area contributed by atoms with Crippen LogP contribution in [0.2, 0.25) is 0 Å². The van der Waals surface area contributed by atoms with E-state index in [4.69, 9.17) is 4.74 Å². The molecule has 4 N–H and O–H groups in total. The van der Waals surface area contributed by atoms with Gasteiger partial charge in [-0.1, -0.05) is 26.3 Å². The lowest BCUT2D eigenvalue weighted by molar-refractivity contribution is -0.120. The van der Waals surface area contributed by atoms with Gasteiger partial charge in [0.05, 0.1) is 12.1 Å². The fraction of sp³-hybridized carbons (Fsp3) is 0.520. The molecule has 9 nitrogen and oxygen atoms in total. The number of carbonyl (C=O) groups excluding carboxylic acids is 4. The van der Waals surface area contributed by atoms with Crippen LogP contribution in [-0.4, -0.2) is 62.0 Å². The molecule has 0 bridgehead atoms. The molecule has 0 heterocycles. The largest absolute Gasteiger partial charge is 0.379 e. The molecule has 0 radical (unpaired) electrons. The van der Waals surface area contributed by atoms with Crippen LogP contribution in [0.15, 0.2) is 50.6 Å². The van der Waals surface area contributed by atoms with Gasteiger partial charge in [-0.05, 0) is 69.2 Å². The topological polar surface area (TPSA) is 126 Å². The monoisotopic (exact) mass is 476 g/mol. The second kappa shape index (κ2) is 19.3. The van der Waals surface area contributed by atoms with Gasteiger partial charge in [0.2, 0.25) is 23.6 Å². The van der Waals surface area contributed by atoms with Gasteiger partial charge in [0.25, 0.3) is 0 Å². The number of carbonyl (C=O) groups is 4. The molecule has 190 valence electrons. The van der Waals surface area contributed by atoms with Crippen molar-refractivity contribution in [1.29, 1.82) is 0 Å². The minimum Gasteiger partial charge on any atom is -0.379 e. The molecule has 9 heteroatoms. The number of amides is 4. The minimum atomic E-state index is -0.624. The molecule has 34 heavy (non-hydrogen) atoms. The Hall–Kier alpha value is -3.20. The van der Waals surface area contributed by atoms with Crippen LogP contribution >= 0.6 is 0 Å². The fourth-order valence-corrected chi connectivity index (χ4v) is 3.21. The van der Waals surface area contributed by atoms with Gasteiger partial charge in [0, 0.05) is 26.2 Å². The van der Waals surface area contributed by atoms with Crippen LogP contribution < -0.4 is 21.3 Å². The summed E-state index contributed by atoms with van der Waals surface area (Å²) >= 11 is 0. The Morgan fingerprint density at radius 3 is 1.44 bits per heavy atom. The summed E-state index contributed by atoms with van der Waals surface area (Å²) in [4.78, 5) is 46.1. The van der Waals surface area contributed by atoms with Crippen molar-refractivity contribution >= 4 is 23.6 Å². The standard InChI is InChI=1S/C25H40N4O5/c1-5-21(30)26-16-11-9-14-25(29-24(33)8-4,15-10-12-17-27-22(31)6-2)20-34-19-13-18-28-23(32)7-3/h5-8H,1-4,9-20H2,(H,26,30)(H,27,31)(H,28,32)(H,29,33). The molecule has 0 aliphatic carbocycles. The Balaban J connectivity index is 4.97. The van der Waals surface area contributed by atoms with E-state index in [1.807, 2.05) is 0 Å². The second-order valence-corrected chi connectivity index (χ2v) is 7.78. The van der Waals surface area contributed by atoms with E-state index in [1.165, 1.54) is 24.3 Å². The van der Waals surface area contributed by atoms with Crippen LogP contribution in [0.4, 0.5) is 0 Å². The highest BCUT2D eigenvalue weighted by Gasteiger charge is 2.31. The summed E-state index contributed by atoms with van der Waals surface area (Å²) in [6.07, 6.45) is 9.76. The van der Waals surface area contributed by atoms with Crippen LogP contribution in [0.3, 0.4) is 0 Å². The van der Waals surface area contributed by atoms with E-state index in [0.717, 1.165) is 25.7 Å². The SMILES string of the molecule is C=CC(=O)NCCCCC(CCCCNC(=O)C=C)(COCCCNC(=O)C=C)NC(=O)C=C. The highest BCUT2D eigenvalue weighted by atomic mass is 16.5. The zero-order valence-electron chi connectivity index (χ0n) is 20.2. The second-order valence-electron chi connectivity index (χ2n) is 7.78. The van der Waals surface area contributed by atoms with Crippen molar-refractivity contribution in [2.24, 2.45) is 0 Å². The zero-order chi connectivity index (χ0) is 25.7. The molecule has 4 amide bonds. The molecule has 0 aromatic carbocycles. The lowest BCUT2D eigenvalue weighted by Crippen LogP contribution is -2.51. The van der Waals surface area contributed by atoms with E-state index < -0.39 is 5.54 Å². The number of hydrogen-bond acceptors (Lipinski definition) is 5. The Morgan fingerprint density at radius 1 is 0.618 bits per heavy atom. The van der Waals surface area contributed by atoms with Crippen molar-refractivity contribution in [2.75, 3.05) is 32.8 Å². The summed E-state index contributed by atoms with van der Waals surface area (Å²) in [6, 6.07) is 0. The van der Waals surface area contributed by atoms with E-state index >= 15 is 0 Å². The first-order valence-electron chi connectivity index (χ1n) is 11.6. The first kappa shape index (κ1) is 30.8. The summed E-state index contributed by atoms with van der Waals surface area (Å²) in [5, 5.41) is 11.2. The molecular formula is C25H40N4O5. The van der Waals surface area contributed by atoms with Gasteiger partial charge in [-0.15, -0.1) is 0 Å². The van der Waals surface area contributed by atoms with Gasteiger partial charge >= 0.3 is 0 Å². The molecule has 0 atom stereocenters. The van der Waals surface area contributed by atoms with Gasteiger partial charge in [-0.2, -0.15) is 0 Å². The number of ether oxygens (including phenoxy) is 1. The molecule has 0 unspecified atom stereocenters. The average molecular weight is 477 g/mol. The first-order chi connectivity index (χ1) is 16.3. The Labute approximate surface area is 203 Å². The average Bonchev–Trinajstić information content (AvgIpc) is 2.84. The van der Waals surface area contributed by atoms with Crippen molar-refractivity contribution in [1.82, 2.24) is 21.3 Å². The summed E-state index contributed by atoms with van der Waals surface area (Å²) in [5.74, 6) is -0.971. The van der Waals surface area contributed by atoms with Crippen LogP contribution in [-0.2, 0) is 23.9 Å². The summed E-state index contributed by atoms with van der Waals surface area (Å²) in [5.41, 5.74) is -0.624. The van der Waals surface area contributed by atoms with Gasteiger partial charge in [0.1, 0.15) is 0 Å². The maximum absolute atomic E-state index is 12.2. The third-order valence-corrected chi connectivity index (χ3v) is 5.04. The van der Waals surface area contributed by atoms with Crippen LogP contribution in [0.1, 0.15) is 44.9 Å². The van der Waals surface area contributed by atoms with Gasteiger partial charge in [0.15, 0.2) is 0 Å². The number of nitrogens with one attached hydrogen (secondary N) is 4. The molecule has 0 spiro atoms. The third-order valence-electron chi connectivity index (χ3n) is 5.04. The lowest BCUT2D eigenvalue weighted by atomic mass is 9.87. The van der Waals surface area contributed by atoms with Gasteiger partial charge < -0.3 is 26.0 Å². The van der Waals surface area contributed by atoms with Crippen LogP contribution in [0, 0.1) is 0 Å². The minimum absolute atomic E-state index is 0.223. The quantitative estimate of drug-likeness (QED) is 0.148. The molecule has 0 aromatic rings. The molecule has 0 aromatic heterocycles. The highest BCUT2D eigenvalue weighted by Crippen LogP contribution is 2.23. The van der Waals surface area contributed by atoms with Crippen molar-refractivity contribution in [3.63, 3.8) is 0 Å². The van der Waals surface area contributed by atoms with Crippen molar-refractivity contribution in [3.05, 3.63) is 50.6 Å². The van der Waals surface area contributed by atoms with E-state index in [9.17, 15) is 19.2 Å². The molecule has 0 rings (SSSR count). The maximum Gasteiger partial charge on any atom is 0.243 e. The van der Waals surface area contributed by atoms with Gasteiger partial charge in [-0.3, -0.25) is 19.2 Å². The normalized spacial score (nSPS) is 10.5. The molecular weight excluding hydrogens is 436 g/mol. The first-order valence-corrected chi connectivity index (χ1v) is 11.6. The molecule has 0 saturated heterocycles. The number of rotatable bonds is 21. The third kappa shape index (κ3) is 15.6. The molecule has 0 fully saturated rings. The molecule has 0 saturated carbocycles. The fourth-order valence-electron chi connectivity index (χ4n) is 3.21. The summed E-state index contributed by atoms with van der Waals surface area (Å²) < 4.78 is 5.89. The van der Waals surface area contributed by atoms with Crippen molar-refractivity contribution in [3.8, 4) is 0 Å². The lowest BCUT2D eigenvalue weighted by Gasteiger charge is -2.35. The summed E-state index contributed by atoms with van der Waals surface area (Å²) in [6.45, 7) is 16.0. The van der Waals surface area contributed by atoms with E-state index in [1.54, 1.807) is 0 Å². The van der Waals surface area contributed by atoms with Crippen LogP contribution in [0.25, 0.3) is 0 Å². The Bertz CT molecular complexity index is 675. The van der Waals surface area contributed by atoms with Crippen molar-refractivity contribution < 1.29 is 23.9 Å². The predicted octanol–water partition coefficient (Wildman–Crippen LogP) is 1.68. The van der Waals surface area contributed by atoms with Crippen LogP contribution in [0.5, 0.6) is 0 Å². The molecule has 0 aliphatic heterocycles. The predicted molar refractivity (Wildman–Crippen MR) is 134 cm³/mol. The van der Waals surface area contributed by atoms with E-state index in [0.29, 0.717) is 52.1 Å². The zero-order valence-corrected chi connectivity index (χ0v) is 20.2. The molecule has 0 aliphatic rings.